The van der Waals surface area contributed by atoms with Crippen LogP contribution in [-0.2, 0) is 14.8 Å². The number of benzene rings is 1. The van der Waals surface area contributed by atoms with Gasteiger partial charge in [-0.05, 0) is 37.1 Å². The van der Waals surface area contributed by atoms with Crippen molar-refractivity contribution in [3.63, 3.8) is 0 Å². The van der Waals surface area contributed by atoms with E-state index >= 15 is 0 Å². The van der Waals surface area contributed by atoms with Gasteiger partial charge >= 0.3 is 6.03 Å². The van der Waals surface area contributed by atoms with Crippen LogP contribution in [0.25, 0.3) is 0 Å². The Balaban J connectivity index is 1.75. The summed E-state index contributed by atoms with van der Waals surface area (Å²) in [7, 11) is -3.75. The number of hydrogen-bond acceptors (Lipinski definition) is 4. The van der Waals surface area contributed by atoms with Crippen molar-refractivity contribution in [1.29, 1.82) is 0 Å². The number of nitrogens with two attached hydrogens (primary N) is 1. The van der Waals surface area contributed by atoms with Gasteiger partial charge in [-0.15, -0.1) is 0 Å². The molecule has 0 spiro atoms. The van der Waals surface area contributed by atoms with Crippen LogP contribution in [0.2, 0.25) is 0 Å². The van der Waals surface area contributed by atoms with Crippen LogP contribution in [0.5, 0.6) is 0 Å². The predicted octanol–water partition coefficient (Wildman–Crippen LogP) is 0.468. The molecule has 9 heteroatoms. The molecule has 1 aromatic carbocycles. The number of amides is 3. The highest BCUT2D eigenvalue weighted by Crippen LogP contribution is 2.12. The molecule has 126 valence electrons. The molecule has 3 amide bonds. The molecule has 0 bridgehead atoms. The Labute approximate surface area is 135 Å². The smallest absolute Gasteiger partial charge is 0.319 e. The summed E-state index contributed by atoms with van der Waals surface area (Å²) in [5.74, 6) is 0.0419. The van der Waals surface area contributed by atoms with Crippen molar-refractivity contribution >= 4 is 27.6 Å². The van der Waals surface area contributed by atoms with E-state index in [9.17, 15) is 18.0 Å². The zero-order valence-electron chi connectivity index (χ0n) is 12.6. The summed E-state index contributed by atoms with van der Waals surface area (Å²) < 4.78 is 22.2. The van der Waals surface area contributed by atoms with Crippen LogP contribution in [0, 0.1) is 0 Å². The number of carbonyl (C=O) groups is 2. The molecule has 1 fully saturated rings. The lowest BCUT2D eigenvalue weighted by Gasteiger charge is -2.15. The number of sulfonamides is 1. The van der Waals surface area contributed by atoms with Crippen molar-refractivity contribution in [2.75, 3.05) is 25.0 Å². The fourth-order valence-electron chi connectivity index (χ4n) is 2.31. The molecule has 1 heterocycles. The van der Waals surface area contributed by atoms with E-state index in [0.717, 1.165) is 25.9 Å². The lowest BCUT2D eigenvalue weighted by atomic mass is 10.3. The quantitative estimate of drug-likeness (QED) is 0.721. The molecule has 0 aliphatic carbocycles. The SMILES string of the molecule is NS(=O)(=O)c1ccc(NC(=O)NCCC(=O)N2CCCC2)cc1. The first-order chi connectivity index (χ1) is 10.9. The minimum absolute atomic E-state index is 0.0281. The number of urea groups is 1. The molecule has 0 saturated carbocycles. The Hall–Kier alpha value is -2.13. The largest absolute Gasteiger partial charge is 0.343 e. The maximum atomic E-state index is 11.8. The normalized spacial score (nSPS) is 14.6. The molecule has 1 aliphatic rings. The maximum absolute atomic E-state index is 11.8. The number of primary sulfonamides is 1. The third-order valence-corrected chi connectivity index (χ3v) is 4.45. The monoisotopic (exact) mass is 340 g/mol. The lowest BCUT2D eigenvalue weighted by molar-refractivity contribution is -0.129. The van der Waals surface area contributed by atoms with Gasteiger partial charge in [0.2, 0.25) is 15.9 Å². The van der Waals surface area contributed by atoms with Crippen molar-refractivity contribution in [3.05, 3.63) is 24.3 Å². The molecule has 2 rings (SSSR count). The van der Waals surface area contributed by atoms with Gasteiger partial charge in [-0.1, -0.05) is 0 Å². The molecular weight excluding hydrogens is 320 g/mol. The second-order valence-corrected chi connectivity index (χ2v) is 6.85. The number of hydrogen-bond donors (Lipinski definition) is 3. The standard InChI is InChI=1S/C14H20N4O4S/c15-23(21,22)12-5-3-11(4-6-12)17-14(20)16-8-7-13(19)18-9-1-2-10-18/h3-6H,1-2,7-10H2,(H2,15,21,22)(H2,16,17,20). The van der Waals surface area contributed by atoms with Crippen LogP contribution in [0.4, 0.5) is 10.5 Å². The van der Waals surface area contributed by atoms with E-state index < -0.39 is 16.1 Å². The van der Waals surface area contributed by atoms with E-state index in [1.165, 1.54) is 24.3 Å². The second kappa shape index (κ2) is 7.42. The summed E-state index contributed by atoms with van der Waals surface area (Å²) in [6, 6.07) is 5.04. The van der Waals surface area contributed by atoms with Crippen LogP contribution < -0.4 is 15.8 Å². The van der Waals surface area contributed by atoms with Crippen LogP contribution in [-0.4, -0.2) is 44.9 Å². The Morgan fingerprint density at radius 1 is 1.13 bits per heavy atom. The van der Waals surface area contributed by atoms with Gasteiger partial charge in [0.1, 0.15) is 0 Å². The predicted molar refractivity (Wildman–Crippen MR) is 85.3 cm³/mol. The summed E-state index contributed by atoms with van der Waals surface area (Å²) in [5, 5.41) is 10.1. The van der Waals surface area contributed by atoms with Crippen molar-refractivity contribution < 1.29 is 18.0 Å². The number of nitrogens with zero attached hydrogens (tertiary/aromatic N) is 1. The number of nitrogens with one attached hydrogen (secondary N) is 2. The number of rotatable bonds is 5. The van der Waals surface area contributed by atoms with Gasteiger partial charge in [0.15, 0.2) is 0 Å². The summed E-state index contributed by atoms with van der Waals surface area (Å²) >= 11 is 0. The average Bonchev–Trinajstić information content (AvgIpc) is 3.01. The summed E-state index contributed by atoms with van der Waals surface area (Å²) in [5.41, 5.74) is 0.431. The summed E-state index contributed by atoms with van der Waals surface area (Å²) in [6.45, 7) is 1.83. The number of carbonyl (C=O) groups excluding carboxylic acids is 2. The molecule has 1 aromatic rings. The minimum atomic E-state index is -3.75. The van der Waals surface area contributed by atoms with Gasteiger partial charge in [-0.3, -0.25) is 4.79 Å². The van der Waals surface area contributed by atoms with E-state index in [1.54, 1.807) is 4.90 Å². The molecule has 1 saturated heterocycles. The molecule has 23 heavy (non-hydrogen) atoms. The zero-order chi connectivity index (χ0) is 16.9. The Morgan fingerprint density at radius 3 is 2.30 bits per heavy atom. The molecule has 0 aromatic heterocycles. The number of likely N-dealkylation sites (tertiary alicyclic amines) is 1. The van der Waals surface area contributed by atoms with Gasteiger partial charge in [-0.25, -0.2) is 18.4 Å². The first kappa shape index (κ1) is 17.2. The average molecular weight is 340 g/mol. The zero-order valence-corrected chi connectivity index (χ0v) is 13.4. The fourth-order valence-corrected chi connectivity index (χ4v) is 2.83. The van der Waals surface area contributed by atoms with E-state index in [0.29, 0.717) is 5.69 Å². The van der Waals surface area contributed by atoms with E-state index in [4.69, 9.17) is 5.14 Å². The third kappa shape index (κ3) is 5.22. The second-order valence-electron chi connectivity index (χ2n) is 5.29. The topological polar surface area (TPSA) is 122 Å². The van der Waals surface area contributed by atoms with Gasteiger partial charge in [-0.2, -0.15) is 0 Å². The van der Waals surface area contributed by atoms with Gasteiger partial charge in [0.05, 0.1) is 4.90 Å². The van der Waals surface area contributed by atoms with Crippen molar-refractivity contribution in [2.45, 2.75) is 24.2 Å². The van der Waals surface area contributed by atoms with Crippen LogP contribution in [0.3, 0.4) is 0 Å². The van der Waals surface area contributed by atoms with Crippen LogP contribution in [0.15, 0.2) is 29.2 Å². The van der Waals surface area contributed by atoms with E-state index in [2.05, 4.69) is 10.6 Å². The highest BCUT2D eigenvalue weighted by molar-refractivity contribution is 7.89. The van der Waals surface area contributed by atoms with Gasteiger partial charge in [0.25, 0.3) is 0 Å². The van der Waals surface area contributed by atoms with Crippen molar-refractivity contribution in [1.82, 2.24) is 10.2 Å². The summed E-state index contributed by atoms with van der Waals surface area (Å²) in [6.07, 6.45) is 2.33. The first-order valence-electron chi connectivity index (χ1n) is 7.32. The van der Waals surface area contributed by atoms with Crippen molar-refractivity contribution in [2.24, 2.45) is 5.14 Å². The third-order valence-electron chi connectivity index (χ3n) is 3.52. The molecule has 0 radical (unpaired) electrons. The van der Waals surface area contributed by atoms with Gasteiger partial charge in [0, 0.05) is 31.7 Å². The maximum Gasteiger partial charge on any atom is 0.319 e. The Morgan fingerprint density at radius 2 is 1.74 bits per heavy atom. The highest BCUT2D eigenvalue weighted by atomic mass is 32.2. The van der Waals surface area contributed by atoms with Gasteiger partial charge < -0.3 is 15.5 Å². The highest BCUT2D eigenvalue weighted by Gasteiger charge is 2.17. The number of anilines is 1. The molecule has 8 nitrogen and oxygen atoms in total. The van der Waals surface area contributed by atoms with Crippen LogP contribution >= 0.6 is 0 Å². The molecule has 0 atom stereocenters. The van der Waals surface area contributed by atoms with E-state index in [1.807, 2.05) is 0 Å². The molecular formula is C14H20N4O4S. The van der Waals surface area contributed by atoms with E-state index in [-0.39, 0.29) is 23.8 Å². The first-order valence-corrected chi connectivity index (χ1v) is 8.86. The minimum Gasteiger partial charge on any atom is -0.343 e. The summed E-state index contributed by atoms with van der Waals surface area (Å²) in [4.78, 5) is 25.3. The fraction of sp³-hybridized carbons (Fsp3) is 0.429. The molecule has 4 N–H and O–H groups in total. The van der Waals surface area contributed by atoms with Crippen molar-refractivity contribution in [3.8, 4) is 0 Å². The van der Waals surface area contributed by atoms with Crippen LogP contribution in [0.1, 0.15) is 19.3 Å². The molecule has 0 unspecified atom stereocenters. The Bertz CT molecular complexity index is 667. The Kier molecular flexibility index (Phi) is 5.56. The lowest BCUT2D eigenvalue weighted by Crippen LogP contribution is -2.34. The molecule has 1 aliphatic heterocycles.